The number of nitrogens with zero attached hydrogens (tertiary/aromatic N) is 2. The van der Waals surface area contributed by atoms with E-state index in [2.05, 4.69) is 26.9 Å². The molecule has 2 heterocycles. The Morgan fingerprint density at radius 3 is 2.35 bits per heavy atom. The molecule has 0 radical (unpaired) electrons. The predicted octanol–water partition coefficient (Wildman–Crippen LogP) is 2.40. The Bertz CT molecular complexity index is 880. The third kappa shape index (κ3) is 2.51. The lowest BCUT2D eigenvalue weighted by atomic mass is 10.1. The number of nitrogens with one attached hydrogen (secondary N) is 1. The molecule has 4 nitrogen and oxygen atoms in total. The second-order valence-corrected chi connectivity index (χ2v) is 5.79. The maximum absolute atomic E-state index is 12.6. The van der Waals surface area contributed by atoms with Crippen molar-refractivity contribution in [2.24, 2.45) is 0 Å². The number of fused-ring (bicyclic) bond motifs is 1. The zero-order chi connectivity index (χ0) is 15.6. The van der Waals surface area contributed by atoms with Crippen molar-refractivity contribution >= 4 is 16.7 Å². The van der Waals surface area contributed by atoms with E-state index >= 15 is 0 Å². The highest BCUT2D eigenvalue weighted by atomic mass is 16.1. The summed E-state index contributed by atoms with van der Waals surface area (Å²) < 4.78 is 2.20. The highest BCUT2D eigenvalue weighted by Crippen LogP contribution is 2.25. The zero-order valence-electron chi connectivity index (χ0n) is 12.9. The van der Waals surface area contributed by atoms with Gasteiger partial charge in [-0.2, -0.15) is 0 Å². The van der Waals surface area contributed by atoms with E-state index in [-0.39, 0.29) is 5.43 Å². The highest BCUT2D eigenvalue weighted by molar-refractivity contribution is 5.83. The minimum absolute atomic E-state index is 0.0845. The number of hydrogen-bond acceptors (Lipinski definition) is 3. The molecule has 0 spiro atoms. The van der Waals surface area contributed by atoms with Gasteiger partial charge in [-0.15, -0.1) is 0 Å². The summed E-state index contributed by atoms with van der Waals surface area (Å²) in [5.41, 5.74) is 2.12. The monoisotopic (exact) mass is 305 g/mol. The molecule has 116 valence electrons. The number of rotatable bonds is 2. The van der Waals surface area contributed by atoms with Crippen LogP contribution in [0.15, 0.2) is 65.5 Å². The van der Waals surface area contributed by atoms with Gasteiger partial charge in [-0.05, 0) is 24.3 Å². The van der Waals surface area contributed by atoms with E-state index in [9.17, 15) is 4.79 Å². The number of benzene rings is 2. The number of piperazine rings is 1. The van der Waals surface area contributed by atoms with Crippen molar-refractivity contribution in [2.45, 2.75) is 0 Å². The van der Waals surface area contributed by atoms with Crippen molar-refractivity contribution in [3.05, 3.63) is 70.9 Å². The van der Waals surface area contributed by atoms with Crippen molar-refractivity contribution < 1.29 is 0 Å². The fourth-order valence-corrected chi connectivity index (χ4v) is 3.24. The molecule has 2 aromatic carbocycles. The fourth-order valence-electron chi connectivity index (χ4n) is 3.24. The van der Waals surface area contributed by atoms with Gasteiger partial charge in [0.1, 0.15) is 5.82 Å². The first-order chi connectivity index (χ1) is 11.3. The van der Waals surface area contributed by atoms with Crippen molar-refractivity contribution in [1.82, 2.24) is 9.88 Å². The molecule has 0 amide bonds. The van der Waals surface area contributed by atoms with Crippen LogP contribution in [-0.2, 0) is 0 Å². The third-order valence-corrected chi connectivity index (χ3v) is 4.36. The minimum atomic E-state index is 0.0845. The number of hydrogen-bond donors (Lipinski definition) is 1. The lowest BCUT2D eigenvalue weighted by Gasteiger charge is -2.32. The van der Waals surface area contributed by atoms with Gasteiger partial charge >= 0.3 is 0 Å². The van der Waals surface area contributed by atoms with Gasteiger partial charge in [0.15, 0.2) is 5.43 Å². The molecule has 1 saturated heterocycles. The Hall–Kier alpha value is -2.59. The molecule has 0 aliphatic carbocycles. The summed E-state index contributed by atoms with van der Waals surface area (Å²) in [6.45, 7) is 3.70. The molecule has 3 aromatic rings. The molecule has 0 atom stereocenters. The Morgan fingerprint density at radius 2 is 1.57 bits per heavy atom. The van der Waals surface area contributed by atoms with Crippen LogP contribution in [0.5, 0.6) is 0 Å². The average Bonchev–Trinajstić information content (AvgIpc) is 2.63. The second kappa shape index (κ2) is 5.89. The van der Waals surface area contributed by atoms with Crippen LogP contribution in [0.3, 0.4) is 0 Å². The molecule has 23 heavy (non-hydrogen) atoms. The van der Waals surface area contributed by atoms with Crippen molar-refractivity contribution in [3.8, 4) is 5.69 Å². The Balaban J connectivity index is 2.02. The molecular formula is C19H19N3O. The molecule has 0 saturated carbocycles. The van der Waals surface area contributed by atoms with Gasteiger partial charge in [-0.1, -0.05) is 30.3 Å². The number of para-hydroxylation sites is 2. The summed E-state index contributed by atoms with van der Waals surface area (Å²) in [4.78, 5) is 14.9. The molecule has 1 aliphatic heterocycles. The summed E-state index contributed by atoms with van der Waals surface area (Å²) in [6.07, 6.45) is 0. The van der Waals surface area contributed by atoms with E-state index in [0.717, 1.165) is 48.6 Å². The van der Waals surface area contributed by atoms with E-state index in [1.54, 1.807) is 6.07 Å². The molecule has 1 aliphatic rings. The summed E-state index contributed by atoms with van der Waals surface area (Å²) >= 11 is 0. The number of anilines is 1. The van der Waals surface area contributed by atoms with Crippen LogP contribution >= 0.6 is 0 Å². The van der Waals surface area contributed by atoms with Crippen LogP contribution in [0.25, 0.3) is 16.6 Å². The van der Waals surface area contributed by atoms with E-state index < -0.39 is 0 Å². The van der Waals surface area contributed by atoms with Gasteiger partial charge in [0.05, 0.1) is 5.52 Å². The van der Waals surface area contributed by atoms with Gasteiger partial charge in [0.25, 0.3) is 0 Å². The zero-order valence-corrected chi connectivity index (χ0v) is 12.9. The summed E-state index contributed by atoms with van der Waals surface area (Å²) in [5, 5.41) is 4.13. The summed E-state index contributed by atoms with van der Waals surface area (Å²) in [7, 11) is 0. The SMILES string of the molecule is O=c1cc(N2CCNCC2)n(-c2ccccc2)c2ccccc12. The molecule has 0 unspecified atom stereocenters. The molecule has 1 fully saturated rings. The fraction of sp³-hybridized carbons (Fsp3) is 0.211. The van der Waals surface area contributed by atoms with Crippen LogP contribution in [-0.4, -0.2) is 30.7 Å². The molecular weight excluding hydrogens is 286 g/mol. The maximum Gasteiger partial charge on any atom is 0.191 e. The van der Waals surface area contributed by atoms with Crippen molar-refractivity contribution in [3.63, 3.8) is 0 Å². The number of aromatic nitrogens is 1. The van der Waals surface area contributed by atoms with Crippen LogP contribution < -0.4 is 15.6 Å². The molecule has 1 N–H and O–H groups in total. The lowest BCUT2D eigenvalue weighted by molar-refractivity contribution is 0.582. The molecule has 1 aromatic heterocycles. The van der Waals surface area contributed by atoms with Crippen LogP contribution in [0, 0.1) is 0 Å². The Morgan fingerprint density at radius 1 is 0.870 bits per heavy atom. The first kappa shape index (κ1) is 14.0. The molecule has 4 rings (SSSR count). The van der Waals surface area contributed by atoms with Gasteiger partial charge in [0, 0.05) is 43.3 Å². The van der Waals surface area contributed by atoms with Gasteiger partial charge in [-0.3, -0.25) is 9.36 Å². The number of pyridine rings is 1. The quantitative estimate of drug-likeness (QED) is 0.790. The van der Waals surface area contributed by atoms with E-state index in [1.807, 2.05) is 42.5 Å². The summed E-state index contributed by atoms with van der Waals surface area (Å²) in [6, 6.07) is 19.9. The minimum Gasteiger partial charge on any atom is -0.355 e. The first-order valence-corrected chi connectivity index (χ1v) is 8.00. The van der Waals surface area contributed by atoms with Crippen molar-refractivity contribution in [2.75, 3.05) is 31.1 Å². The van der Waals surface area contributed by atoms with E-state index in [1.165, 1.54) is 0 Å². The summed E-state index contributed by atoms with van der Waals surface area (Å²) in [5.74, 6) is 0.974. The smallest absolute Gasteiger partial charge is 0.191 e. The van der Waals surface area contributed by atoms with Crippen LogP contribution in [0.4, 0.5) is 5.82 Å². The Labute approximate surface area is 135 Å². The van der Waals surface area contributed by atoms with Gasteiger partial charge < -0.3 is 10.2 Å². The maximum atomic E-state index is 12.6. The topological polar surface area (TPSA) is 37.3 Å². The standard InChI is InChI=1S/C19H19N3O/c23-18-14-19(21-12-10-20-11-13-21)22(15-6-2-1-3-7-15)17-9-5-4-8-16(17)18/h1-9,14,20H,10-13H2. The van der Waals surface area contributed by atoms with Crippen LogP contribution in [0.2, 0.25) is 0 Å². The van der Waals surface area contributed by atoms with Gasteiger partial charge in [-0.25, -0.2) is 0 Å². The second-order valence-electron chi connectivity index (χ2n) is 5.79. The molecule has 4 heteroatoms. The average molecular weight is 305 g/mol. The Kier molecular flexibility index (Phi) is 3.60. The van der Waals surface area contributed by atoms with Crippen LogP contribution in [0.1, 0.15) is 0 Å². The third-order valence-electron chi connectivity index (χ3n) is 4.36. The first-order valence-electron chi connectivity index (χ1n) is 8.00. The van der Waals surface area contributed by atoms with E-state index in [0.29, 0.717) is 0 Å². The van der Waals surface area contributed by atoms with Crippen molar-refractivity contribution in [1.29, 1.82) is 0 Å². The van der Waals surface area contributed by atoms with Gasteiger partial charge in [0.2, 0.25) is 0 Å². The molecule has 0 bridgehead atoms. The van der Waals surface area contributed by atoms with E-state index in [4.69, 9.17) is 0 Å². The lowest BCUT2D eigenvalue weighted by Crippen LogP contribution is -2.44. The largest absolute Gasteiger partial charge is 0.355 e. The normalized spacial score (nSPS) is 15.0. The highest BCUT2D eigenvalue weighted by Gasteiger charge is 2.17. The predicted molar refractivity (Wildman–Crippen MR) is 94.6 cm³/mol.